The van der Waals surface area contributed by atoms with E-state index in [1.807, 2.05) is 19.1 Å². The molecule has 0 bridgehead atoms. The molecule has 0 aliphatic rings. The molecule has 18 heavy (non-hydrogen) atoms. The first-order valence-corrected chi connectivity index (χ1v) is 6.29. The van der Waals surface area contributed by atoms with Crippen LogP contribution in [0.25, 0.3) is 10.4 Å². The second-order valence-electron chi connectivity index (χ2n) is 3.68. The SMILES string of the molecule is Cc1nc(N=C(N)N)sc1-c1ccc(Cl)c(N)c1. The molecule has 0 spiro atoms. The molecule has 0 aliphatic carbocycles. The van der Waals surface area contributed by atoms with Crippen molar-refractivity contribution < 1.29 is 0 Å². The van der Waals surface area contributed by atoms with Crippen molar-refractivity contribution in [1.29, 1.82) is 0 Å². The van der Waals surface area contributed by atoms with Crippen LogP contribution in [-0.4, -0.2) is 10.9 Å². The molecular weight excluding hydrogens is 270 g/mol. The normalized spacial score (nSPS) is 10.3. The highest BCUT2D eigenvalue weighted by molar-refractivity contribution is 7.18. The minimum Gasteiger partial charge on any atom is -0.398 e. The van der Waals surface area contributed by atoms with Gasteiger partial charge in [0.2, 0.25) is 5.13 Å². The number of benzene rings is 1. The summed E-state index contributed by atoms with van der Waals surface area (Å²) < 4.78 is 0. The number of aliphatic imine (C=N–C) groups is 1. The zero-order chi connectivity index (χ0) is 13.3. The molecule has 2 aromatic rings. The number of nitrogens with zero attached hydrogens (tertiary/aromatic N) is 2. The lowest BCUT2D eigenvalue weighted by Gasteiger charge is -2.02. The highest BCUT2D eigenvalue weighted by Gasteiger charge is 2.10. The standard InChI is InChI=1S/C11H12ClN5S/c1-5-9(18-11(16-5)17-10(14)15)6-2-3-7(12)8(13)4-6/h2-4H,13H2,1H3,(H4,14,15,16,17). The molecule has 0 saturated heterocycles. The number of hydrogen-bond donors (Lipinski definition) is 3. The molecule has 5 nitrogen and oxygen atoms in total. The maximum atomic E-state index is 5.89. The maximum Gasteiger partial charge on any atom is 0.213 e. The van der Waals surface area contributed by atoms with E-state index in [-0.39, 0.29) is 5.96 Å². The minimum absolute atomic E-state index is 0.00841. The Hall–Kier alpha value is -1.79. The number of aromatic nitrogens is 1. The number of guanidine groups is 1. The van der Waals surface area contributed by atoms with E-state index in [9.17, 15) is 0 Å². The quantitative estimate of drug-likeness (QED) is 0.446. The van der Waals surface area contributed by atoms with E-state index >= 15 is 0 Å². The van der Waals surface area contributed by atoms with Gasteiger partial charge in [0, 0.05) is 0 Å². The average molecular weight is 282 g/mol. The first kappa shape index (κ1) is 12.7. The number of anilines is 1. The minimum atomic E-state index is -0.00841. The third-order valence-corrected chi connectivity index (χ3v) is 3.71. The van der Waals surface area contributed by atoms with Gasteiger partial charge >= 0.3 is 0 Å². The van der Waals surface area contributed by atoms with Gasteiger partial charge in [0.25, 0.3) is 0 Å². The summed E-state index contributed by atoms with van der Waals surface area (Å²) in [7, 11) is 0. The maximum absolute atomic E-state index is 5.89. The molecule has 0 radical (unpaired) electrons. The summed E-state index contributed by atoms with van der Waals surface area (Å²) in [4.78, 5) is 9.18. The average Bonchev–Trinajstić information content (AvgIpc) is 2.62. The van der Waals surface area contributed by atoms with Crippen molar-refractivity contribution in [3.63, 3.8) is 0 Å². The number of halogens is 1. The third-order valence-electron chi connectivity index (χ3n) is 2.27. The van der Waals surface area contributed by atoms with Crippen LogP contribution < -0.4 is 17.2 Å². The topological polar surface area (TPSA) is 103 Å². The Kier molecular flexibility index (Phi) is 3.40. The molecule has 1 aromatic heterocycles. The molecule has 7 heteroatoms. The van der Waals surface area contributed by atoms with Crippen LogP contribution >= 0.6 is 22.9 Å². The summed E-state index contributed by atoms with van der Waals surface area (Å²) in [5.74, 6) is -0.00841. The van der Waals surface area contributed by atoms with Crippen LogP contribution in [0.2, 0.25) is 5.02 Å². The van der Waals surface area contributed by atoms with Gasteiger partial charge in [0.15, 0.2) is 5.96 Å². The molecule has 0 saturated carbocycles. The predicted molar refractivity (Wildman–Crippen MR) is 77.2 cm³/mol. The van der Waals surface area contributed by atoms with Crippen molar-refractivity contribution in [1.82, 2.24) is 4.98 Å². The van der Waals surface area contributed by atoms with Crippen molar-refractivity contribution in [3.8, 4) is 10.4 Å². The molecule has 1 aromatic carbocycles. The monoisotopic (exact) mass is 281 g/mol. The molecule has 0 amide bonds. The van der Waals surface area contributed by atoms with Crippen LogP contribution in [0.3, 0.4) is 0 Å². The van der Waals surface area contributed by atoms with Crippen LogP contribution in [0.15, 0.2) is 23.2 Å². The molecule has 0 fully saturated rings. The first-order chi connectivity index (χ1) is 8.47. The van der Waals surface area contributed by atoms with Crippen molar-refractivity contribution in [2.24, 2.45) is 16.5 Å². The van der Waals surface area contributed by atoms with E-state index in [1.165, 1.54) is 11.3 Å². The molecular formula is C11H12ClN5S. The summed E-state index contributed by atoms with van der Waals surface area (Å²) in [6.45, 7) is 1.89. The van der Waals surface area contributed by atoms with Gasteiger partial charge in [-0.3, -0.25) is 0 Å². The number of aryl methyl sites for hydroxylation is 1. The molecule has 6 N–H and O–H groups in total. The smallest absolute Gasteiger partial charge is 0.213 e. The fourth-order valence-electron chi connectivity index (χ4n) is 1.49. The first-order valence-electron chi connectivity index (χ1n) is 5.10. The lowest BCUT2D eigenvalue weighted by atomic mass is 10.1. The van der Waals surface area contributed by atoms with Crippen molar-refractivity contribution >= 4 is 39.7 Å². The van der Waals surface area contributed by atoms with Crippen molar-refractivity contribution in [3.05, 3.63) is 28.9 Å². The summed E-state index contributed by atoms with van der Waals surface area (Å²) in [5, 5.41) is 1.06. The number of hydrogen-bond acceptors (Lipinski definition) is 4. The zero-order valence-corrected chi connectivity index (χ0v) is 11.2. The lowest BCUT2D eigenvalue weighted by Crippen LogP contribution is -2.21. The highest BCUT2D eigenvalue weighted by Crippen LogP contribution is 2.36. The molecule has 2 rings (SSSR count). The van der Waals surface area contributed by atoms with E-state index < -0.39 is 0 Å². The van der Waals surface area contributed by atoms with Gasteiger partial charge in [-0.25, -0.2) is 4.98 Å². The summed E-state index contributed by atoms with van der Waals surface area (Å²) in [5.41, 5.74) is 18.8. The summed E-state index contributed by atoms with van der Waals surface area (Å²) >= 11 is 7.29. The Labute approximate surface area is 113 Å². The number of nitrogen functional groups attached to an aromatic ring is 1. The molecule has 94 valence electrons. The number of rotatable bonds is 2. The number of nitrogens with two attached hydrogens (primary N) is 3. The van der Waals surface area contributed by atoms with E-state index in [0.29, 0.717) is 15.8 Å². The van der Waals surface area contributed by atoms with Crippen LogP contribution in [0.4, 0.5) is 10.8 Å². The second kappa shape index (κ2) is 4.83. The van der Waals surface area contributed by atoms with Crippen molar-refractivity contribution in [2.75, 3.05) is 5.73 Å². The third kappa shape index (κ3) is 2.55. The fourth-order valence-corrected chi connectivity index (χ4v) is 2.57. The molecule has 1 heterocycles. The molecule has 0 unspecified atom stereocenters. The van der Waals surface area contributed by atoms with Crippen LogP contribution in [0.5, 0.6) is 0 Å². The van der Waals surface area contributed by atoms with E-state index in [2.05, 4.69) is 9.98 Å². The molecule has 0 aliphatic heterocycles. The van der Waals surface area contributed by atoms with Gasteiger partial charge < -0.3 is 17.2 Å². The van der Waals surface area contributed by atoms with Gasteiger partial charge in [-0.05, 0) is 24.6 Å². The summed E-state index contributed by atoms with van der Waals surface area (Å²) in [6, 6.07) is 5.45. The van der Waals surface area contributed by atoms with Crippen LogP contribution in [0, 0.1) is 6.92 Å². The Morgan fingerprint density at radius 1 is 1.39 bits per heavy atom. The van der Waals surface area contributed by atoms with Gasteiger partial charge in [-0.15, -0.1) is 0 Å². The lowest BCUT2D eigenvalue weighted by molar-refractivity contribution is 1.24. The van der Waals surface area contributed by atoms with E-state index in [0.717, 1.165) is 16.1 Å². The highest BCUT2D eigenvalue weighted by atomic mass is 35.5. The Bertz CT molecular complexity index is 616. The summed E-state index contributed by atoms with van der Waals surface area (Å²) in [6.07, 6.45) is 0. The van der Waals surface area contributed by atoms with Crippen LogP contribution in [-0.2, 0) is 0 Å². The Morgan fingerprint density at radius 3 is 2.72 bits per heavy atom. The van der Waals surface area contributed by atoms with Crippen LogP contribution in [0.1, 0.15) is 5.69 Å². The predicted octanol–water partition coefficient (Wildman–Crippen LogP) is 2.26. The van der Waals surface area contributed by atoms with Gasteiger partial charge in [-0.2, -0.15) is 4.99 Å². The van der Waals surface area contributed by atoms with E-state index in [1.54, 1.807) is 6.07 Å². The number of thiazole rings is 1. The zero-order valence-electron chi connectivity index (χ0n) is 9.64. The fraction of sp³-hybridized carbons (Fsp3) is 0.0909. The van der Waals surface area contributed by atoms with E-state index in [4.69, 9.17) is 28.8 Å². The second-order valence-corrected chi connectivity index (χ2v) is 5.07. The van der Waals surface area contributed by atoms with Crippen molar-refractivity contribution in [2.45, 2.75) is 6.92 Å². The van der Waals surface area contributed by atoms with Gasteiger partial charge in [0.1, 0.15) is 0 Å². The molecule has 0 atom stereocenters. The van der Waals surface area contributed by atoms with Gasteiger partial charge in [0.05, 0.1) is 21.3 Å². The largest absolute Gasteiger partial charge is 0.398 e. The Morgan fingerprint density at radius 2 is 2.11 bits per heavy atom. The Balaban J connectivity index is 2.47. The van der Waals surface area contributed by atoms with Gasteiger partial charge in [-0.1, -0.05) is 29.0 Å².